The molecule has 2 saturated heterocycles. The number of fused-ring (bicyclic) bond motifs is 1. The topological polar surface area (TPSA) is 109 Å². The zero-order valence-electron chi connectivity index (χ0n) is 24.3. The minimum absolute atomic E-state index is 0.122. The van der Waals surface area contributed by atoms with Gasteiger partial charge in [0.05, 0.1) is 37.2 Å². The van der Waals surface area contributed by atoms with Crippen molar-refractivity contribution in [3.8, 4) is 5.69 Å². The summed E-state index contributed by atoms with van der Waals surface area (Å²) >= 11 is 0. The van der Waals surface area contributed by atoms with E-state index in [0.717, 1.165) is 67.6 Å². The van der Waals surface area contributed by atoms with Crippen LogP contribution >= 0.6 is 0 Å². The van der Waals surface area contributed by atoms with E-state index < -0.39 is 12.0 Å². The molecular weight excluding hydrogens is 530 g/mol. The molecule has 42 heavy (non-hydrogen) atoms. The van der Waals surface area contributed by atoms with Crippen LogP contribution in [0.25, 0.3) is 5.69 Å². The lowest BCUT2D eigenvalue weighted by molar-refractivity contribution is -0.120. The van der Waals surface area contributed by atoms with Crippen LogP contribution in [-0.4, -0.2) is 96.0 Å². The van der Waals surface area contributed by atoms with Crippen LogP contribution in [0.3, 0.4) is 0 Å². The van der Waals surface area contributed by atoms with Crippen LogP contribution in [0.5, 0.6) is 0 Å². The first-order valence-electron chi connectivity index (χ1n) is 14.8. The zero-order chi connectivity index (χ0) is 29.2. The van der Waals surface area contributed by atoms with Gasteiger partial charge in [0.25, 0.3) is 5.91 Å². The molecule has 6 rings (SSSR count). The van der Waals surface area contributed by atoms with E-state index >= 15 is 0 Å². The SMILES string of the molecule is C/C=C(\CN1CCN(C2COC2)CC1)C(=O)Nc1cccc([C@@H]2c3cnn(-c4ccccc4)c3N(CC)C(=O)[C@H]2N)c1. The highest BCUT2D eigenvalue weighted by Crippen LogP contribution is 2.41. The second kappa shape index (κ2) is 12.2. The van der Waals surface area contributed by atoms with Crippen molar-refractivity contribution in [1.29, 1.82) is 0 Å². The third-order valence-corrected chi connectivity index (χ3v) is 8.67. The number of anilines is 2. The summed E-state index contributed by atoms with van der Waals surface area (Å²) in [6.07, 6.45) is 3.70. The number of hydrogen-bond donors (Lipinski definition) is 2. The highest BCUT2D eigenvalue weighted by molar-refractivity contribution is 6.04. The second-order valence-electron chi connectivity index (χ2n) is 11.2. The summed E-state index contributed by atoms with van der Waals surface area (Å²) in [7, 11) is 0. The maximum absolute atomic E-state index is 13.5. The van der Waals surface area contributed by atoms with Crippen molar-refractivity contribution in [3.05, 3.63) is 83.6 Å². The molecule has 3 N–H and O–H groups in total. The number of para-hydroxylation sites is 1. The van der Waals surface area contributed by atoms with Gasteiger partial charge in [-0.15, -0.1) is 0 Å². The fourth-order valence-electron chi connectivity index (χ4n) is 6.19. The standard InChI is InChI=1S/C32H39N7O3/c1-3-22(19-36-13-15-37(16-14-36)26-20-42-21-26)30(40)35-24-10-8-9-23(17-24)28-27-18-34-39(25-11-6-5-7-12-25)31(27)38(4-2)32(41)29(28)33/h3,5-12,17-18,26,28-29H,4,13-16,19-21,33H2,1-2H3,(H,35,40)/b22-3+/t28-,29+/m1/s1. The monoisotopic (exact) mass is 569 g/mol. The van der Waals surface area contributed by atoms with Gasteiger partial charge in [0.15, 0.2) is 0 Å². The summed E-state index contributed by atoms with van der Waals surface area (Å²) in [6, 6.07) is 17.2. The van der Waals surface area contributed by atoms with Crippen LogP contribution in [0.1, 0.15) is 30.9 Å². The number of nitrogens with two attached hydrogens (primary N) is 1. The Morgan fingerprint density at radius 3 is 2.52 bits per heavy atom. The highest BCUT2D eigenvalue weighted by atomic mass is 16.5. The average molecular weight is 570 g/mol. The van der Waals surface area contributed by atoms with E-state index in [0.29, 0.717) is 24.8 Å². The molecular formula is C32H39N7O3. The van der Waals surface area contributed by atoms with E-state index in [4.69, 9.17) is 10.5 Å². The molecule has 2 aromatic carbocycles. The Hall–Kier alpha value is -3.83. The summed E-state index contributed by atoms with van der Waals surface area (Å²) < 4.78 is 7.15. The van der Waals surface area contributed by atoms with Crippen LogP contribution in [0.4, 0.5) is 11.5 Å². The number of aromatic nitrogens is 2. The maximum Gasteiger partial charge on any atom is 0.252 e. The molecule has 3 aliphatic rings. The summed E-state index contributed by atoms with van der Waals surface area (Å²) in [5, 5.41) is 7.76. The number of rotatable bonds is 8. The van der Waals surface area contributed by atoms with Crippen molar-refractivity contribution in [1.82, 2.24) is 19.6 Å². The summed E-state index contributed by atoms with van der Waals surface area (Å²) in [5.74, 6) is 0.0608. The summed E-state index contributed by atoms with van der Waals surface area (Å²) in [4.78, 5) is 33.4. The van der Waals surface area contributed by atoms with Crippen molar-refractivity contribution in [3.63, 3.8) is 0 Å². The Balaban J connectivity index is 1.20. The van der Waals surface area contributed by atoms with Gasteiger partial charge in [-0.25, -0.2) is 4.68 Å². The van der Waals surface area contributed by atoms with Crippen LogP contribution < -0.4 is 16.0 Å². The predicted molar refractivity (Wildman–Crippen MR) is 163 cm³/mol. The second-order valence-corrected chi connectivity index (χ2v) is 11.2. The number of piperazine rings is 1. The van der Waals surface area contributed by atoms with E-state index in [1.807, 2.05) is 80.7 Å². The number of benzene rings is 2. The molecule has 1 aromatic heterocycles. The van der Waals surface area contributed by atoms with Crippen LogP contribution in [0.15, 0.2) is 72.4 Å². The largest absolute Gasteiger partial charge is 0.378 e. The van der Waals surface area contributed by atoms with E-state index in [2.05, 4.69) is 20.2 Å². The third-order valence-electron chi connectivity index (χ3n) is 8.67. The lowest BCUT2D eigenvalue weighted by Crippen LogP contribution is -2.56. The minimum Gasteiger partial charge on any atom is -0.378 e. The number of amides is 2. The lowest BCUT2D eigenvalue weighted by Gasteiger charge is -2.42. The van der Waals surface area contributed by atoms with Crippen LogP contribution in [-0.2, 0) is 14.3 Å². The van der Waals surface area contributed by atoms with Crippen molar-refractivity contribution in [2.24, 2.45) is 5.73 Å². The van der Waals surface area contributed by atoms with Crippen molar-refractivity contribution >= 4 is 23.3 Å². The molecule has 220 valence electrons. The number of likely N-dealkylation sites (N-methyl/N-ethyl adjacent to an activating group) is 1. The summed E-state index contributed by atoms with van der Waals surface area (Å²) in [6.45, 7) is 10.4. The van der Waals surface area contributed by atoms with E-state index in [1.54, 1.807) is 9.58 Å². The number of carbonyl (C=O) groups excluding carboxylic acids is 2. The molecule has 3 aliphatic heterocycles. The van der Waals surface area contributed by atoms with Crippen molar-refractivity contribution in [2.45, 2.75) is 31.8 Å². The van der Waals surface area contributed by atoms with Crippen molar-refractivity contribution in [2.75, 3.05) is 62.7 Å². The highest BCUT2D eigenvalue weighted by Gasteiger charge is 2.41. The molecule has 2 atom stereocenters. The average Bonchev–Trinajstić information content (AvgIpc) is 3.41. The molecule has 0 aliphatic carbocycles. The maximum atomic E-state index is 13.5. The molecule has 2 amide bonds. The van der Waals surface area contributed by atoms with Gasteiger partial charge in [-0.1, -0.05) is 36.4 Å². The Labute approximate surface area is 246 Å². The van der Waals surface area contributed by atoms with Gasteiger partial charge in [-0.2, -0.15) is 5.10 Å². The number of nitrogens with zero attached hydrogens (tertiary/aromatic N) is 5. The molecule has 0 radical (unpaired) electrons. The Morgan fingerprint density at radius 2 is 1.86 bits per heavy atom. The first-order chi connectivity index (χ1) is 20.5. The number of nitrogens with one attached hydrogen (secondary N) is 1. The minimum atomic E-state index is -0.770. The molecule has 0 spiro atoms. The van der Waals surface area contributed by atoms with Crippen LogP contribution in [0.2, 0.25) is 0 Å². The van der Waals surface area contributed by atoms with Gasteiger partial charge in [0.2, 0.25) is 5.91 Å². The molecule has 2 fully saturated rings. The number of carbonyl (C=O) groups is 2. The van der Waals surface area contributed by atoms with Crippen LogP contribution in [0, 0.1) is 0 Å². The first kappa shape index (κ1) is 28.3. The smallest absolute Gasteiger partial charge is 0.252 e. The van der Waals surface area contributed by atoms with Crippen molar-refractivity contribution < 1.29 is 14.3 Å². The fraction of sp³-hybridized carbons (Fsp3) is 0.406. The predicted octanol–water partition coefficient (Wildman–Crippen LogP) is 2.60. The molecule has 10 nitrogen and oxygen atoms in total. The summed E-state index contributed by atoms with van der Waals surface area (Å²) in [5.41, 5.74) is 10.6. The molecule has 0 bridgehead atoms. The van der Waals surface area contributed by atoms with Gasteiger partial charge in [-0.05, 0) is 43.7 Å². The first-order valence-corrected chi connectivity index (χ1v) is 14.8. The molecule has 10 heteroatoms. The molecule has 0 unspecified atom stereocenters. The Morgan fingerprint density at radius 1 is 1.10 bits per heavy atom. The quantitative estimate of drug-likeness (QED) is 0.402. The number of ether oxygens (including phenoxy) is 1. The van der Waals surface area contributed by atoms with E-state index in [1.165, 1.54) is 0 Å². The van der Waals surface area contributed by atoms with Gasteiger partial charge in [-0.3, -0.25) is 24.3 Å². The number of allylic oxidation sites excluding steroid dienone is 1. The van der Waals surface area contributed by atoms with E-state index in [-0.39, 0.29) is 11.8 Å². The zero-order valence-corrected chi connectivity index (χ0v) is 24.3. The lowest BCUT2D eigenvalue weighted by atomic mass is 9.83. The number of hydrogen-bond acceptors (Lipinski definition) is 7. The van der Waals surface area contributed by atoms with Gasteiger partial charge in [0, 0.05) is 62.0 Å². The van der Waals surface area contributed by atoms with Gasteiger partial charge in [0.1, 0.15) is 5.82 Å². The Kier molecular flexibility index (Phi) is 8.21. The molecule has 0 saturated carbocycles. The third kappa shape index (κ3) is 5.38. The van der Waals surface area contributed by atoms with E-state index in [9.17, 15) is 9.59 Å². The van der Waals surface area contributed by atoms with Gasteiger partial charge < -0.3 is 15.8 Å². The fourth-order valence-corrected chi connectivity index (χ4v) is 6.19. The normalized spacial score (nSPS) is 22.1. The van der Waals surface area contributed by atoms with Gasteiger partial charge >= 0.3 is 0 Å². The molecule has 4 heterocycles. The Bertz CT molecular complexity index is 1460. The molecule has 3 aromatic rings.